The zero-order valence-corrected chi connectivity index (χ0v) is 20.0. The third-order valence-electron chi connectivity index (χ3n) is 5.41. The maximum Gasteiger partial charge on any atom is 0.416 e. The quantitative estimate of drug-likeness (QED) is 0.257. The topological polar surface area (TPSA) is 89.3 Å². The van der Waals surface area contributed by atoms with Crippen LogP contribution in [0.4, 0.5) is 29.7 Å². The Bertz CT molecular complexity index is 1340. The zero-order chi connectivity index (χ0) is 25.7. The van der Waals surface area contributed by atoms with Crippen LogP contribution in [0.25, 0.3) is 11.1 Å². The van der Waals surface area contributed by atoms with Gasteiger partial charge in [-0.25, -0.2) is 4.98 Å². The van der Waals surface area contributed by atoms with Gasteiger partial charge in [-0.05, 0) is 54.1 Å². The van der Waals surface area contributed by atoms with Crippen molar-refractivity contribution in [1.82, 2.24) is 4.98 Å². The first-order valence-corrected chi connectivity index (χ1v) is 11.8. The van der Waals surface area contributed by atoms with E-state index in [0.717, 1.165) is 29.9 Å². The van der Waals surface area contributed by atoms with E-state index in [0.29, 0.717) is 34.2 Å². The van der Waals surface area contributed by atoms with E-state index in [4.69, 9.17) is 10.5 Å². The minimum atomic E-state index is -4.45. The van der Waals surface area contributed by atoms with Crippen molar-refractivity contribution in [2.45, 2.75) is 12.6 Å². The summed E-state index contributed by atoms with van der Waals surface area (Å²) in [4.78, 5) is 17.4. The number of anilines is 3. The minimum Gasteiger partial charge on any atom is -0.496 e. The van der Waals surface area contributed by atoms with Crippen molar-refractivity contribution in [2.75, 3.05) is 30.0 Å². The second kappa shape index (κ2) is 10.7. The van der Waals surface area contributed by atoms with Crippen LogP contribution in [0.2, 0.25) is 0 Å². The summed E-state index contributed by atoms with van der Waals surface area (Å²) in [6.07, 6.45) is -3.72. The molecule has 0 saturated carbocycles. The number of halogens is 3. The van der Waals surface area contributed by atoms with Gasteiger partial charge in [-0.15, -0.1) is 11.3 Å². The van der Waals surface area contributed by atoms with E-state index < -0.39 is 17.6 Å². The summed E-state index contributed by atoms with van der Waals surface area (Å²) in [5.74, 6) is -0.0329. The number of methoxy groups -OCH3 is 1. The van der Waals surface area contributed by atoms with Crippen LogP contribution in [0, 0.1) is 0 Å². The molecule has 0 spiro atoms. The summed E-state index contributed by atoms with van der Waals surface area (Å²) in [6, 6.07) is 16.8. The fourth-order valence-electron chi connectivity index (χ4n) is 3.66. The second-order valence-corrected chi connectivity index (χ2v) is 8.73. The van der Waals surface area contributed by atoms with E-state index in [1.54, 1.807) is 30.3 Å². The van der Waals surface area contributed by atoms with Gasteiger partial charge in [-0.2, -0.15) is 13.2 Å². The molecule has 0 bridgehead atoms. The predicted octanol–water partition coefficient (Wildman–Crippen LogP) is 6.33. The first-order chi connectivity index (χ1) is 17.2. The summed E-state index contributed by atoms with van der Waals surface area (Å²) in [7, 11) is 1.44. The van der Waals surface area contributed by atoms with E-state index >= 15 is 0 Å². The molecule has 10 heteroatoms. The van der Waals surface area contributed by atoms with Gasteiger partial charge in [0.1, 0.15) is 5.75 Å². The number of amides is 1. The lowest BCUT2D eigenvalue weighted by Crippen LogP contribution is -2.14. The maximum atomic E-state index is 13.1. The highest BCUT2D eigenvalue weighted by molar-refractivity contribution is 7.13. The van der Waals surface area contributed by atoms with Crippen molar-refractivity contribution in [1.29, 1.82) is 0 Å². The average molecular weight is 513 g/mol. The predicted molar refractivity (Wildman–Crippen MR) is 137 cm³/mol. The van der Waals surface area contributed by atoms with E-state index in [1.165, 1.54) is 30.6 Å². The van der Waals surface area contributed by atoms with Gasteiger partial charge in [0, 0.05) is 35.3 Å². The van der Waals surface area contributed by atoms with Gasteiger partial charge >= 0.3 is 6.18 Å². The Hall–Kier alpha value is -4.05. The van der Waals surface area contributed by atoms with Crippen molar-refractivity contribution in [3.8, 4) is 16.9 Å². The standard InChI is InChI=1S/C26H23F3N4O2S/c1-35-22-4-2-3-21(23(22)16-5-7-17(8-6-16)26(27,28)29)24(34)32-19-11-9-18(10-12-19)31-14-13-20-15-36-25(30)33-20/h2-12,15,31H,13-14H2,1H3,(H2,30,33)(H,32,34). The largest absolute Gasteiger partial charge is 0.496 e. The summed E-state index contributed by atoms with van der Waals surface area (Å²) >= 11 is 1.41. The smallest absolute Gasteiger partial charge is 0.416 e. The molecule has 0 radical (unpaired) electrons. The van der Waals surface area contributed by atoms with Crippen molar-refractivity contribution < 1.29 is 22.7 Å². The molecule has 0 unspecified atom stereocenters. The molecule has 4 rings (SSSR count). The molecule has 0 saturated heterocycles. The van der Waals surface area contributed by atoms with Gasteiger partial charge in [0.2, 0.25) is 0 Å². The number of ether oxygens (including phenoxy) is 1. The number of nitrogens with zero attached hydrogens (tertiary/aromatic N) is 1. The van der Waals surface area contributed by atoms with Crippen LogP contribution in [0.3, 0.4) is 0 Å². The Morgan fingerprint density at radius 1 is 1.03 bits per heavy atom. The highest BCUT2D eigenvalue weighted by Gasteiger charge is 2.30. The summed E-state index contributed by atoms with van der Waals surface area (Å²) in [5, 5.41) is 8.60. The molecule has 0 fully saturated rings. The Labute approximate surface area is 209 Å². The molecular formula is C26H23F3N4O2S. The van der Waals surface area contributed by atoms with Gasteiger partial charge < -0.3 is 21.1 Å². The molecule has 4 aromatic rings. The highest BCUT2D eigenvalue weighted by Crippen LogP contribution is 2.36. The molecular weight excluding hydrogens is 489 g/mol. The zero-order valence-electron chi connectivity index (χ0n) is 19.2. The van der Waals surface area contributed by atoms with Crippen LogP contribution in [0.5, 0.6) is 5.75 Å². The van der Waals surface area contributed by atoms with Gasteiger partial charge in [0.15, 0.2) is 5.13 Å². The molecule has 0 aliphatic rings. The van der Waals surface area contributed by atoms with Crippen LogP contribution in [0.15, 0.2) is 72.1 Å². The molecule has 4 N–H and O–H groups in total. The number of carbonyl (C=O) groups is 1. The molecule has 0 atom stereocenters. The van der Waals surface area contributed by atoms with E-state index in [2.05, 4.69) is 15.6 Å². The average Bonchev–Trinajstić information content (AvgIpc) is 3.29. The first-order valence-electron chi connectivity index (χ1n) is 10.9. The lowest BCUT2D eigenvalue weighted by Gasteiger charge is -2.15. The number of benzene rings is 3. The van der Waals surface area contributed by atoms with E-state index in [1.807, 2.05) is 17.5 Å². The number of rotatable bonds is 8. The molecule has 36 heavy (non-hydrogen) atoms. The summed E-state index contributed by atoms with van der Waals surface area (Å²) in [6.45, 7) is 0.676. The number of aromatic nitrogens is 1. The maximum absolute atomic E-state index is 13.1. The van der Waals surface area contributed by atoms with Crippen LogP contribution in [-0.4, -0.2) is 24.5 Å². The van der Waals surface area contributed by atoms with Crippen molar-refractivity contribution in [2.24, 2.45) is 0 Å². The molecule has 3 aromatic carbocycles. The summed E-state index contributed by atoms with van der Waals surface area (Å²) in [5.41, 5.74) is 8.37. The fraction of sp³-hybridized carbons (Fsp3) is 0.154. The molecule has 1 heterocycles. The number of alkyl halides is 3. The van der Waals surface area contributed by atoms with Gasteiger partial charge in [-0.1, -0.05) is 18.2 Å². The van der Waals surface area contributed by atoms with Crippen molar-refractivity contribution >= 4 is 33.8 Å². The van der Waals surface area contributed by atoms with Gasteiger partial charge in [0.25, 0.3) is 5.91 Å². The van der Waals surface area contributed by atoms with Crippen molar-refractivity contribution in [3.05, 3.63) is 88.9 Å². The number of hydrogen-bond donors (Lipinski definition) is 3. The molecule has 0 aliphatic heterocycles. The monoisotopic (exact) mass is 512 g/mol. The number of nitrogens with one attached hydrogen (secondary N) is 2. The first kappa shape index (κ1) is 25.1. The van der Waals surface area contributed by atoms with Gasteiger partial charge in [0.05, 0.1) is 23.9 Å². The molecule has 1 aromatic heterocycles. The van der Waals surface area contributed by atoms with Crippen molar-refractivity contribution in [3.63, 3.8) is 0 Å². The number of carbonyl (C=O) groups excluding carboxylic acids is 1. The van der Waals surface area contributed by atoms with Crippen LogP contribution in [-0.2, 0) is 12.6 Å². The molecule has 1 amide bonds. The Balaban J connectivity index is 1.47. The number of nitrogen functional groups attached to an aromatic ring is 1. The van der Waals surface area contributed by atoms with Crippen LogP contribution in [0.1, 0.15) is 21.6 Å². The third kappa shape index (κ3) is 5.95. The highest BCUT2D eigenvalue weighted by atomic mass is 32.1. The van der Waals surface area contributed by atoms with Crippen LogP contribution >= 0.6 is 11.3 Å². The Morgan fingerprint density at radius 3 is 2.33 bits per heavy atom. The second-order valence-electron chi connectivity index (χ2n) is 7.84. The number of nitrogens with two attached hydrogens (primary N) is 1. The normalized spacial score (nSPS) is 11.2. The number of thiazole rings is 1. The minimum absolute atomic E-state index is 0.277. The Kier molecular flexibility index (Phi) is 7.44. The molecule has 6 nitrogen and oxygen atoms in total. The van der Waals surface area contributed by atoms with E-state index in [-0.39, 0.29) is 5.56 Å². The molecule has 0 aliphatic carbocycles. The van der Waals surface area contributed by atoms with Gasteiger partial charge in [-0.3, -0.25) is 4.79 Å². The molecule has 186 valence electrons. The lowest BCUT2D eigenvalue weighted by atomic mass is 9.96. The van der Waals surface area contributed by atoms with E-state index in [9.17, 15) is 18.0 Å². The summed E-state index contributed by atoms with van der Waals surface area (Å²) < 4.78 is 44.4. The fourth-order valence-corrected chi connectivity index (χ4v) is 4.25. The SMILES string of the molecule is COc1cccc(C(=O)Nc2ccc(NCCc3csc(N)n3)cc2)c1-c1ccc(C(F)(F)F)cc1. The Morgan fingerprint density at radius 2 is 1.72 bits per heavy atom. The number of hydrogen-bond acceptors (Lipinski definition) is 6. The third-order valence-corrected chi connectivity index (χ3v) is 6.14. The van der Waals surface area contributed by atoms with Crippen LogP contribution < -0.4 is 21.1 Å². The lowest BCUT2D eigenvalue weighted by molar-refractivity contribution is -0.137.